The molecule has 1 aliphatic carbocycles. The van der Waals surface area contributed by atoms with E-state index < -0.39 is 0 Å². The van der Waals surface area contributed by atoms with Gasteiger partial charge in [-0.2, -0.15) is 5.10 Å². The third kappa shape index (κ3) is 5.67. The molecule has 0 atom stereocenters. The molecule has 0 unspecified atom stereocenters. The smallest absolute Gasteiger partial charge is 0.191 e. The monoisotopic (exact) mass is 485 g/mol. The third-order valence-electron chi connectivity index (χ3n) is 5.43. The highest BCUT2D eigenvalue weighted by Gasteiger charge is 2.34. The number of guanidine groups is 1. The third-order valence-corrected chi connectivity index (χ3v) is 5.43. The van der Waals surface area contributed by atoms with Gasteiger partial charge in [-0.05, 0) is 55.0 Å². The van der Waals surface area contributed by atoms with Crippen LogP contribution in [-0.2, 0) is 6.42 Å². The van der Waals surface area contributed by atoms with Gasteiger partial charge in [-0.1, -0.05) is 13.3 Å². The normalized spacial score (nSPS) is 15.6. The maximum absolute atomic E-state index is 13.0. The van der Waals surface area contributed by atoms with Gasteiger partial charge in [-0.15, -0.1) is 24.0 Å². The van der Waals surface area contributed by atoms with E-state index in [2.05, 4.69) is 27.6 Å². The number of aliphatic imine (C=N–C) groups is 1. The van der Waals surface area contributed by atoms with Gasteiger partial charge in [-0.25, -0.2) is 9.07 Å². The number of nitrogens with zero attached hydrogens (tertiary/aromatic N) is 3. The zero-order valence-corrected chi connectivity index (χ0v) is 18.4. The summed E-state index contributed by atoms with van der Waals surface area (Å²) in [5.74, 6) is 0.610. The summed E-state index contributed by atoms with van der Waals surface area (Å²) in [5, 5.41) is 11.4. The molecule has 0 saturated heterocycles. The Kier molecular flexibility index (Phi) is 8.07. The molecule has 3 rings (SSSR count). The van der Waals surface area contributed by atoms with Crippen molar-refractivity contribution in [2.24, 2.45) is 10.4 Å². The molecule has 1 heterocycles. The van der Waals surface area contributed by atoms with E-state index in [9.17, 15) is 4.39 Å². The van der Waals surface area contributed by atoms with Crippen LogP contribution in [0.1, 0.15) is 38.3 Å². The van der Waals surface area contributed by atoms with E-state index in [0.717, 1.165) is 36.9 Å². The van der Waals surface area contributed by atoms with Gasteiger partial charge in [0.25, 0.3) is 0 Å². The Hall–Kier alpha value is -1.64. The molecule has 1 aromatic heterocycles. The second kappa shape index (κ2) is 10.1. The van der Waals surface area contributed by atoms with Gasteiger partial charge >= 0.3 is 0 Å². The minimum Gasteiger partial charge on any atom is -0.356 e. The summed E-state index contributed by atoms with van der Waals surface area (Å²) in [7, 11) is 1.80. The van der Waals surface area contributed by atoms with Crippen molar-refractivity contribution in [3.63, 3.8) is 0 Å². The zero-order valence-electron chi connectivity index (χ0n) is 16.0. The average molecular weight is 485 g/mol. The molecule has 0 amide bonds. The van der Waals surface area contributed by atoms with Crippen LogP contribution < -0.4 is 10.6 Å². The molecule has 27 heavy (non-hydrogen) atoms. The molecule has 1 aliphatic rings. The van der Waals surface area contributed by atoms with Crippen molar-refractivity contribution >= 4 is 29.9 Å². The number of nitrogens with one attached hydrogen (secondary N) is 2. The first-order valence-corrected chi connectivity index (χ1v) is 9.39. The van der Waals surface area contributed by atoms with E-state index in [0.29, 0.717) is 5.41 Å². The molecule has 0 aliphatic heterocycles. The molecule has 0 bridgehead atoms. The van der Waals surface area contributed by atoms with E-state index >= 15 is 0 Å². The van der Waals surface area contributed by atoms with Crippen LogP contribution in [0.2, 0.25) is 0 Å². The Morgan fingerprint density at radius 3 is 2.56 bits per heavy atom. The Morgan fingerprint density at radius 2 is 1.96 bits per heavy atom. The number of hydrogen-bond donors (Lipinski definition) is 2. The first-order valence-electron chi connectivity index (χ1n) is 9.39. The lowest BCUT2D eigenvalue weighted by atomic mass is 9.67. The lowest BCUT2D eigenvalue weighted by Gasteiger charge is -2.41. The van der Waals surface area contributed by atoms with Crippen molar-refractivity contribution in [2.75, 3.05) is 20.1 Å². The van der Waals surface area contributed by atoms with Crippen molar-refractivity contribution < 1.29 is 4.39 Å². The van der Waals surface area contributed by atoms with Gasteiger partial charge in [0.05, 0.1) is 11.4 Å². The van der Waals surface area contributed by atoms with Crippen LogP contribution in [-0.4, -0.2) is 35.9 Å². The van der Waals surface area contributed by atoms with E-state index in [4.69, 9.17) is 0 Å². The van der Waals surface area contributed by atoms with Crippen LogP contribution in [0.25, 0.3) is 5.69 Å². The summed E-state index contributed by atoms with van der Waals surface area (Å²) in [6, 6.07) is 8.32. The molecule has 1 aromatic carbocycles. The van der Waals surface area contributed by atoms with Crippen molar-refractivity contribution in [3.05, 3.63) is 48.0 Å². The molecular weight excluding hydrogens is 456 g/mol. The minimum atomic E-state index is -0.240. The lowest BCUT2D eigenvalue weighted by Crippen LogP contribution is -2.46. The van der Waals surface area contributed by atoms with Crippen LogP contribution in [0, 0.1) is 11.2 Å². The van der Waals surface area contributed by atoms with Crippen LogP contribution in [0.15, 0.2) is 41.5 Å². The van der Waals surface area contributed by atoms with Crippen LogP contribution in [0.4, 0.5) is 4.39 Å². The van der Waals surface area contributed by atoms with Gasteiger partial charge in [0.2, 0.25) is 0 Å². The molecule has 2 aromatic rings. The van der Waals surface area contributed by atoms with E-state index in [1.165, 1.54) is 37.8 Å². The van der Waals surface area contributed by atoms with Gasteiger partial charge in [-0.3, -0.25) is 4.99 Å². The molecule has 0 spiro atoms. The molecule has 1 fully saturated rings. The van der Waals surface area contributed by atoms with Crippen molar-refractivity contribution in [1.82, 2.24) is 20.4 Å². The number of hydrogen-bond acceptors (Lipinski definition) is 2. The second-order valence-electron chi connectivity index (χ2n) is 7.04. The fraction of sp³-hybridized carbons (Fsp3) is 0.500. The number of aromatic nitrogens is 2. The predicted octanol–water partition coefficient (Wildman–Crippen LogP) is 3.92. The molecule has 0 radical (unpaired) electrons. The molecule has 7 heteroatoms. The molecule has 148 valence electrons. The Balaban J connectivity index is 0.00000261. The maximum atomic E-state index is 13.0. The molecule has 2 N–H and O–H groups in total. The lowest BCUT2D eigenvalue weighted by molar-refractivity contribution is 0.131. The van der Waals surface area contributed by atoms with Crippen LogP contribution >= 0.6 is 24.0 Å². The fourth-order valence-electron chi connectivity index (χ4n) is 3.37. The fourth-order valence-corrected chi connectivity index (χ4v) is 3.37. The van der Waals surface area contributed by atoms with Crippen LogP contribution in [0.3, 0.4) is 0 Å². The standard InChI is InChI=1S/C20H28FN5.HI/c1-3-20(11-4-12-20)15-24-19(22-2)23-13-9-17-10-14-26(25-17)18-7-5-16(21)6-8-18;/h5-8,10,14H,3-4,9,11-13,15H2,1-2H3,(H2,22,23,24);1H. The average Bonchev–Trinajstić information content (AvgIpc) is 3.09. The highest BCUT2D eigenvalue weighted by atomic mass is 127. The Morgan fingerprint density at radius 1 is 1.22 bits per heavy atom. The maximum Gasteiger partial charge on any atom is 0.191 e. The SMILES string of the molecule is CCC1(CNC(=NC)NCCc2ccn(-c3ccc(F)cc3)n2)CCC1.I. The van der Waals surface area contributed by atoms with Gasteiger partial charge in [0.15, 0.2) is 5.96 Å². The van der Waals surface area contributed by atoms with Gasteiger partial charge in [0, 0.05) is 32.8 Å². The van der Waals surface area contributed by atoms with Gasteiger partial charge in [0.1, 0.15) is 5.82 Å². The highest BCUT2D eigenvalue weighted by Crippen LogP contribution is 2.42. The highest BCUT2D eigenvalue weighted by molar-refractivity contribution is 14.0. The van der Waals surface area contributed by atoms with E-state index in [1.54, 1.807) is 23.9 Å². The summed E-state index contributed by atoms with van der Waals surface area (Å²) in [6.07, 6.45) is 7.89. The summed E-state index contributed by atoms with van der Waals surface area (Å²) in [5.41, 5.74) is 2.31. The minimum absolute atomic E-state index is 0. The summed E-state index contributed by atoms with van der Waals surface area (Å²) < 4.78 is 14.8. The Labute approximate surface area is 177 Å². The number of rotatable bonds is 7. The van der Waals surface area contributed by atoms with E-state index in [1.807, 2.05) is 12.3 Å². The summed E-state index contributed by atoms with van der Waals surface area (Å²) >= 11 is 0. The first-order chi connectivity index (χ1) is 12.6. The van der Waals surface area contributed by atoms with Crippen LogP contribution in [0.5, 0.6) is 0 Å². The first kappa shape index (κ1) is 21.7. The number of halogens is 2. The summed E-state index contributed by atoms with van der Waals surface area (Å²) in [4.78, 5) is 4.31. The van der Waals surface area contributed by atoms with Gasteiger partial charge < -0.3 is 10.6 Å². The topological polar surface area (TPSA) is 54.2 Å². The molecule has 5 nitrogen and oxygen atoms in total. The second-order valence-corrected chi connectivity index (χ2v) is 7.04. The zero-order chi connectivity index (χ0) is 18.4. The Bertz CT molecular complexity index is 732. The van der Waals surface area contributed by atoms with Crippen molar-refractivity contribution in [2.45, 2.75) is 39.0 Å². The number of benzene rings is 1. The molecular formula is C20H29FIN5. The van der Waals surface area contributed by atoms with Crippen molar-refractivity contribution in [3.8, 4) is 5.69 Å². The van der Waals surface area contributed by atoms with E-state index in [-0.39, 0.29) is 29.8 Å². The largest absolute Gasteiger partial charge is 0.356 e. The molecule has 1 saturated carbocycles. The van der Waals surface area contributed by atoms with Crippen molar-refractivity contribution in [1.29, 1.82) is 0 Å². The predicted molar refractivity (Wildman–Crippen MR) is 119 cm³/mol. The quantitative estimate of drug-likeness (QED) is 0.355. The summed E-state index contributed by atoms with van der Waals surface area (Å²) in [6.45, 7) is 4.02.